The SMILES string of the molecule is COC[C@@H](O)CN(c1cc(OC)cc(OC)c1)c1ccc2ncc(-c3ccn(C)c3)nc2c1.COc1cc(OC)cc(N(CCCN2CCCCC2=O)c2ccc3ncc(-c4ccn(C)c4)nc3c2)c1.COc1cc(OC)cc(N(CCNCC(O)C(F)(F)F)c2ccc3ncc(-c4ccn(C)c4)nc3c2)c1.COc1cc(OC)cc(N(CCn2ncnc2C)c2ccc3ncc(-c4cnn(C)c4)nc3c2)c1. The zero-order valence-electron chi connectivity index (χ0n) is 81.7. The fraction of sp³-hybridized carbons (Fsp3) is 0.295. The fourth-order valence-corrected chi connectivity index (χ4v) is 16.4. The number of nitrogens with one attached hydrogen (secondary N) is 1. The number of nitrogens with zero attached hydrogens (tertiary/aromatic N) is 21. The molecule has 2 atom stereocenters. The highest BCUT2D eigenvalue weighted by Gasteiger charge is 2.38. The van der Waals surface area contributed by atoms with E-state index in [4.69, 9.17) is 62.6 Å². The van der Waals surface area contributed by atoms with Gasteiger partial charge in [-0.15, -0.1) is 0 Å². The normalized spacial score (nSPS) is 12.4. The highest BCUT2D eigenvalue weighted by molar-refractivity contribution is 5.88. The van der Waals surface area contributed by atoms with Crippen LogP contribution in [0.2, 0.25) is 0 Å². The number of likely N-dealkylation sites (tertiary alicyclic amines) is 1. The molecule has 10 heterocycles. The number of rotatable bonds is 36. The Hall–Kier alpha value is -16.0. The van der Waals surface area contributed by atoms with Crippen molar-refractivity contribution in [2.24, 2.45) is 28.2 Å². The summed E-state index contributed by atoms with van der Waals surface area (Å²) in [6.07, 6.45) is 20.0. The van der Waals surface area contributed by atoms with E-state index >= 15 is 0 Å². The van der Waals surface area contributed by atoms with Crippen LogP contribution in [0.5, 0.6) is 46.0 Å². The number of benzene rings is 8. The summed E-state index contributed by atoms with van der Waals surface area (Å²) in [5, 5.41) is 31.1. The monoisotopic (exact) mass is 1930 g/mol. The van der Waals surface area contributed by atoms with Crippen molar-refractivity contribution in [1.82, 2.24) is 88.3 Å². The molecule has 1 saturated heterocycles. The molecule has 8 aromatic carbocycles. The average molecular weight is 1930 g/mol. The Bertz CT molecular complexity index is 7060. The zero-order valence-corrected chi connectivity index (χ0v) is 81.7. The largest absolute Gasteiger partial charge is 0.497 e. The lowest BCUT2D eigenvalue weighted by Gasteiger charge is -2.30. The third kappa shape index (κ3) is 25.4. The highest BCUT2D eigenvalue weighted by Crippen LogP contribution is 2.41. The van der Waals surface area contributed by atoms with Gasteiger partial charge in [0, 0.05) is 271 Å². The van der Waals surface area contributed by atoms with E-state index < -0.39 is 24.9 Å². The maximum atomic E-state index is 12.7. The number of hydrogen-bond acceptors (Lipinski definition) is 28. The minimum Gasteiger partial charge on any atom is -0.497 e. The highest BCUT2D eigenvalue weighted by atomic mass is 19.4. The number of carbonyl (C=O) groups is 1. The number of anilines is 8. The molecule has 34 nitrogen and oxygen atoms in total. The Morgan fingerprint density at radius 1 is 0.408 bits per heavy atom. The topological polar surface area (TPSA) is 335 Å². The van der Waals surface area contributed by atoms with Crippen LogP contribution in [0.15, 0.2) is 244 Å². The Morgan fingerprint density at radius 3 is 1.12 bits per heavy atom. The van der Waals surface area contributed by atoms with Gasteiger partial charge in [0.05, 0.1) is 181 Å². The van der Waals surface area contributed by atoms with Crippen molar-refractivity contribution >= 4 is 95.5 Å². The quantitative estimate of drug-likeness (QED) is 0.0307. The number of fused-ring (bicyclic) bond motifs is 4. The molecule has 0 radical (unpaired) electrons. The van der Waals surface area contributed by atoms with E-state index in [1.54, 1.807) is 106 Å². The fourth-order valence-electron chi connectivity index (χ4n) is 16.4. The lowest BCUT2D eigenvalue weighted by atomic mass is 10.1. The molecule has 1 unspecified atom stereocenters. The van der Waals surface area contributed by atoms with Crippen LogP contribution in [0.25, 0.3) is 89.2 Å². The molecule has 142 heavy (non-hydrogen) atoms. The van der Waals surface area contributed by atoms with Crippen LogP contribution >= 0.6 is 0 Å². The summed E-state index contributed by atoms with van der Waals surface area (Å²) in [4.78, 5) is 64.7. The number of methoxy groups -OCH3 is 9. The zero-order chi connectivity index (χ0) is 100. The molecule has 0 spiro atoms. The molecule has 37 heteroatoms. The smallest absolute Gasteiger partial charge is 0.415 e. The van der Waals surface area contributed by atoms with Gasteiger partial charge in [0.1, 0.15) is 58.1 Å². The third-order valence-electron chi connectivity index (χ3n) is 23.9. The summed E-state index contributed by atoms with van der Waals surface area (Å²) < 4.78 is 96.7. The van der Waals surface area contributed by atoms with Crippen LogP contribution in [0.4, 0.5) is 58.7 Å². The second-order valence-electron chi connectivity index (χ2n) is 33.8. The summed E-state index contributed by atoms with van der Waals surface area (Å²) >= 11 is 0. The van der Waals surface area contributed by atoms with Gasteiger partial charge in [0.25, 0.3) is 0 Å². The van der Waals surface area contributed by atoms with Crippen molar-refractivity contribution in [3.05, 3.63) is 250 Å². The Kier molecular flexibility index (Phi) is 33.0. The molecule has 738 valence electrons. The standard InChI is InChI=1S/C29H33N5O3.C26H28F3N5O3.C25H26N8O2.C25H28N4O4/c1-32-14-10-21(20-32)28-19-30-26-9-8-22(17-27(26)31-28)34(13-6-12-33-11-5-4-7-29(33)35)23-15-24(36-2)18-25(16-23)37-3;1-33-8-6-17(16-33)24-14-31-22-5-4-18(12-23(22)32-24)34(9-7-30-15-25(35)26(27,28)29)19-10-20(36-2)13-21(11-19)37-3;1-17-27-16-29-33(17)8-7-32(20-9-21(34-3)12-22(10-20)35-4)19-5-6-23-24(11-19)30-25(14-26-23)18-13-28-31(2)15-18;1-28-8-7-17(14-28)25-13-26-23-6-5-18(11-24(23)27-25)29(15-20(30)16-31-2)19-9-21(32-3)12-22(10-19)33-4/h8-10,14-20H,4-7,11-13H2,1-3H3;4-6,8,10-14,16,25,30,35H,7,9,15H2,1-3H3;5-6,9-16H,7-8H2,1-4H3;5-14,20,30H,15-16H2,1-4H3/t;;;20-/m...0/s1. The molecule has 17 aromatic rings. The van der Waals surface area contributed by atoms with Gasteiger partial charge in [-0.25, -0.2) is 29.6 Å². The van der Waals surface area contributed by atoms with Gasteiger partial charge >= 0.3 is 6.18 Å². The van der Waals surface area contributed by atoms with Gasteiger partial charge in [0.2, 0.25) is 5.91 Å². The number of ether oxygens (including phenoxy) is 9. The van der Waals surface area contributed by atoms with Crippen LogP contribution in [0.1, 0.15) is 31.5 Å². The minimum atomic E-state index is -4.68. The summed E-state index contributed by atoms with van der Waals surface area (Å²) in [7, 11) is 22.3. The van der Waals surface area contributed by atoms with E-state index in [-0.39, 0.29) is 25.6 Å². The minimum absolute atomic E-state index is 0.167. The second kappa shape index (κ2) is 46.6. The molecule has 3 N–H and O–H groups in total. The first-order valence-corrected chi connectivity index (χ1v) is 46.0. The van der Waals surface area contributed by atoms with Crippen molar-refractivity contribution in [2.75, 3.05) is 143 Å². The Morgan fingerprint density at radius 2 is 0.782 bits per heavy atom. The Labute approximate surface area is 820 Å². The van der Waals surface area contributed by atoms with Gasteiger partial charge in [0.15, 0.2) is 6.10 Å². The van der Waals surface area contributed by atoms with Crippen molar-refractivity contribution < 1.29 is 70.8 Å². The molecule has 18 rings (SSSR count). The molecule has 1 fully saturated rings. The van der Waals surface area contributed by atoms with Crippen molar-refractivity contribution in [3.63, 3.8) is 0 Å². The summed E-state index contributed by atoms with van der Waals surface area (Å²) in [5.41, 5.74) is 20.2. The number of aryl methyl sites for hydroxylation is 5. The number of alkyl halides is 3. The second-order valence-corrected chi connectivity index (χ2v) is 33.8. The predicted molar refractivity (Wildman–Crippen MR) is 542 cm³/mol. The van der Waals surface area contributed by atoms with Crippen molar-refractivity contribution in [2.45, 2.75) is 57.5 Å². The number of aliphatic hydroxyl groups excluding tert-OH is 2. The Balaban J connectivity index is 0.000000143. The van der Waals surface area contributed by atoms with Crippen LogP contribution < -0.4 is 62.8 Å². The number of halogens is 3. The van der Waals surface area contributed by atoms with Crippen LogP contribution in [-0.4, -0.2) is 240 Å². The molecule has 1 aliphatic rings. The lowest BCUT2D eigenvalue weighted by Crippen LogP contribution is -2.40. The maximum absolute atomic E-state index is 12.7. The van der Waals surface area contributed by atoms with Crippen LogP contribution in [-0.2, 0) is 44.3 Å². The lowest BCUT2D eigenvalue weighted by molar-refractivity contribution is -0.201. The predicted octanol–water partition coefficient (Wildman–Crippen LogP) is 17.1. The third-order valence-corrected chi connectivity index (χ3v) is 23.9. The maximum Gasteiger partial charge on any atom is 0.415 e. The molecular weight excluding hydrogens is 1820 g/mol. The first-order valence-electron chi connectivity index (χ1n) is 46.0. The molecule has 0 saturated carbocycles. The number of hydrogen-bond donors (Lipinski definition) is 3. The van der Waals surface area contributed by atoms with Gasteiger partial charge < -0.3 is 96.4 Å². The summed E-state index contributed by atoms with van der Waals surface area (Å²) in [5.74, 6) is 6.41. The number of aliphatic hydroxyl groups is 2. The number of piperidine rings is 1. The van der Waals surface area contributed by atoms with Crippen LogP contribution in [0.3, 0.4) is 0 Å². The van der Waals surface area contributed by atoms with E-state index in [2.05, 4.69) is 62.4 Å². The summed E-state index contributed by atoms with van der Waals surface area (Å²) in [6.45, 7) is 5.90. The van der Waals surface area contributed by atoms with Gasteiger partial charge in [-0.2, -0.15) is 23.4 Å². The van der Waals surface area contributed by atoms with Gasteiger partial charge in [-0.3, -0.25) is 29.4 Å². The molecule has 9 aromatic heterocycles. The molecule has 0 bridgehead atoms. The number of carbonyl (C=O) groups excluding carboxylic acids is 1. The number of amides is 1. The average Bonchev–Trinajstić information content (AvgIpc) is 1.20. The van der Waals surface area contributed by atoms with Gasteiger partial charge in [-0.1, -0.05) is 0 Å². The first kappa shape index (κ1) is 100. The first-order chi connectivity index (χ1) is 68.7. The van der Waals surface area contributed by atoms with E-state index in [1.807, 2.05) is 263 Å². The van der Waals surface area contributed by atoms with E-state index in [0.717, 1.165) is 174 Å². The van der Waals surface area contributed by atoms with E-state index in [9.17, 15) is 28.2 Å². The van der Waals surface area contributed by atoms with Crippen molar-refractivity contribution in [3.8, 4) is 91.0 Å². The van der Waals surface area contributed by atoms with Crippen molar-refractivity contribution in [1.29, 1.82) is 0 Å². The van der Waals surface area contributed by atoms with Gasteiger partial charge in [-0.05, 0) is 117 Å². The number of aromatic nitrogens is 16. The van der Waals surface area contributed by atoms with Crippen LogP contribution in [0, 0.1) is 6.92 Å². The molecule has 1 amide bonds. The molecular formula is C105H115F3N22O12. The molecule has 0 aliphatic carbocycles. The molecule has 1 aliphatic heterocycles. The van der Waals surface area contributed by atoms with E-state index in [1.165, 1.54) is 0 Å². The summed E-state index contributed by atoms with van der Waals surface area (Å²) in [6, 6.07) is 52.3. The van der Waals surface area contributed by atoms with E-state index in [0.29, 0.717) is 77.3 Å².